The molecule has 2 heterocycles. The zero-order valence-corrected chi connectivity index (χ0v) is 18.4. The lowest BCUT2D eigenvalue weighted by Crippen LogP contribution is -2.22. The summed E-state index contributed by atoms with van der Waals surface area (Å²) in [5.41, 5.74) is 5.58. The van der Waals surface area contributed by atoms with Gasteiger partial charge in [0.1, 0.15) is 18.1 Å². The second kappa shape index (κ2) is 9.19. The predicted octanol–water partition coefficient (Wildman–Crippen LogP) is 4.40. The Morgan fingerprint density at radius 2 is 1.91 bits per heavy atom. The summed E-state index contributed by atoms with van der Waals surface area (Å²) < 4.78 is 25.3. The normalized spacial score (nSPS) is 11.0. The lowest BCUT2D eigenvalue weighted by atomic mass is 10.1. The number of methoxy groups -OCH3 is 2. The van der Waals surface area contributed by atoms with Crippen molar-refractivity contribution in [3.8, 4) is 22.8 Å². The highest BCUT2D eigenvalue weighted by Gasteiger charge is 2.18. The second-order valence-electron chi connectivity index (χ2n) is 7.27. The van der Waals surface area contributed by atoms with Gasteiger partial charge in [-0.25, -0.2) is 4.98 Å². The van der Waals surface area contributed by atoms with Crippen LogP contribution in [0.2, 0.25) is 0 Å². The maximum absolute atomic E-state index is 12.7. The highest BCUT2D eigenvalue weighted by Crippen LogP contribution is 2.38. The molecule has 2 aromatic carbocycles. The fourth-order valence-corrected chi connectivity index (χ4v) is 3.63. The monoisotopic (exact) mass is 437 g/mol. The number of fused-ring (bicyclic) bond motifs is 1. The first-order chi connectivity index (χ1) is 15.5. The Bertz CT molecular complexity index is 1240. The van der Waals surface area contributed by atoms with Gasteiger partial charge < -0.3 is 14.4 Å². The van der Waals surface area contributed by atoms with Crippen LogP contribution >= 0.6 is 0 Å². The van der Waals surface area contributed by atoms with Crippen LogP contribution in [-0.2, 0) is 12.0 Å². The van der Waals surface area contributed by atoms with E-state index < -0.39 is 0 Å². The summed E-state index contributed by atoms with van der Waals surface area (Å²) in [6, 6.07) is 9.43. The molecule has 0 amide bonds. The maximum Gasteiger partial charge on any atom is 0.127 e. The number of anilines is 2. The molecule has 2 aromatic heterocycles. The average molecular weight is 437 g/mol. The summed E-state index contributed by atoms with van der Waals surface area (Å²) in [5.74, 6) is 1.30. The molecule has 0 bridgehead atoms. The third-order valence-electron chi connectivity index (χ3n) is 5.28. The molecule has 166 valence electrons. The van der Waals surface area contributed by atoms with Crippen LogP contribution in [0.5, 0.6) is 11.5 Å². The molecule has 8 nitrogen and oxygen atoms in total. The number of ether oxygens (including phenoxy) is 2. The number of hydrogen-bond acceptors (Lipinski definition) is 7. The van der Waals surface area contributed by atoms with E-state index in [2.05, 4.69) is 15.0 Å². The van der Waals surface area contributed by atoms with Crippen LogP contribution < -0.4 is 14.4 Å². The van der Waals surface area contributed by atoms with Crippen molar-refractivity contribution >= 4 is 22.4 Å². The van der Waals surface area contributed by atoms with Crippen molar-refractivity contribution in [3.05, 3.63) is 54.5 Å². The van der Waals surface area contributed by atoms with Crippen molar-refractivity contribution in [3.63, 3.8) is 0 Å². The highest BCUT2D eigenvalue weighted by atomic mass is 19.3. The zero-order valence-electron chi connectivity index (χ0n) is 18.4. The van der Waals surface area contributed by atoms with Gasteiger partial charge in [-0.3, -0.25) is 9.67 Å². The van der Waals surface area contributed by atoms with Gasteiger partial charge in [0.05, 0.1) is 55.6 Å². The molecule has 4 rings (SSSR count). The van der Waals surface area contributed by atoms with E-state index >= 15 is 0 Å². The van der Waals surface area contributed by atoms with Gasteiger partial charge in [0.25, 0.3) is 0 Å². The molecule has 0 aliphatic rings. The van der Waals surface area contributed by atoms with Crippen LogP contribution in [0.15, 0.2) is 48.9 Å². The zero-order chi connectivity index (χ0) is 22.7. The summed E-state index contributed by atoms with van der Waals surface area (Å²) in [6.07, 6.45) is 5.36. The van der Waals surface area contributed by atoms with Gasteiger partial charge in [-0.05, 0) is 29.6 Å². The number of halogens is 1. The molecule has 0 saturated carbocycles. The minimum absolute atomic E-state index is 0.113. The minimum Gasteiger partial charge on any atom is -0.497 e. The van der Waals surface area contributed by atoms with E-state index in [1.807, 2.05) is 55.4 Å². The molecule has 0 spiro atoms. The van der Waals surface area contributed by atoms with Gasteiger partial charge in [-0.1, -0.05) is 0 Å². The van der Waals surface area contributed by atoms with E-state index in [1.165, 1.54) is 0 Å². The number of aromatic nitrogens is 4. The van der Waals surface area contributed by atoms with Crippen molar-refractivity contribution in [2.45, 2.75) is 6.92 Å². The molecule has 32 heavy (non-hydrogen) atoms. The summed E-state index contributed by atoms with van der Waals surface area (Å²) in [5, 5.41) is 4.20. The van der Waals surface area contributed by atoms with Crippen LogP contribution in [0, 0.1) is 6.92 Å². The van der Waals surface area contributed by atoms with Gasteiger partial charge in [-0.2, -0.15) is 10.0 Å². The second-order valence-corrected chi connectivity index (χ2v) is 7.27. The van der Waals surface area contributed by atoms with Crippen molar-refractivity contribution < 1.29 is 18.9 Å². The van der Waals surface area contributed by atoms with Crippen molar-refractivity contribution in [2.75, 3.05) is 32.3 Å². The molecule has 0 aliphatic carbocycles. The van der Waals surface area contributed by atoms with E-state index in [0.29, 0.717) is 17.0 Å². The van der Waals surface area contributed by atoms with Gasteiger partial charge >= 0.3 is 0 Å². The van der Waals surface area contributed by atoms with E-state index in [4.69, 9.17) is 14.5 Å². The number of benzene rings is 2. The molecule has 0 atom stereocenters. The lowest BCUT2D eigenvalue weighted by Gasteiger charge is -2.27. The Hall–Kier alpha value is -3.72. The largest absolute Gasteiger partial charge is 0.497 e. The van der Waals surface area contributed by atoms with E-state index in [1.54, 1.807) is 31.3 Å². The topological polar surface area (TPSA) is 74.5 Å². The molecule has 0 N–H and O–H groups in total. The summed E-state index contributed by atoms with van der Waals surface area (Å²) in [4.78, 5) is 15.1. The molecule has 0 unspecified atom stereocenters. The fraction of sp³-hybridized carbons (Fsp3) is 0.261. The molecule has 0 saturated heterocycles. The minimum atomic E-state index is -0.113. The number of hydrogen-bond donors (Lipinski definition) is 0. The molecule has 0 aliphatic heterocycles. The Morgan fingerprint density at radius 1 is 1.06 bits per heavy atom. The van der Waals surface area contributed by atoms with Crippen LogP contribution in [-0.4, -0.2) is 47.1 Å². The smallest absolute Gasteiger partial charge is 0.127 e. The highest BCUT2D eigenvalue weighted by molar-refractivity contribution is 5.83. The Balaban J connectivity index is 1.82. The van der Waals surface area contributed by atoms with Crippen LogP contribution in [0.25, 0.3) is 22.3 Å². The van der Waals surface area contributed by atoms with Gasteiger partial charge in [0.15, 0.2) is 0 Å². The van der Waals surface area contributed by atoms with Gasteiger partial charge in [0.2, 0.25) is 0 Å². The first-order valence-corrected chi connectivity index (χ1v) is 10.0. The van der Waals surface area contributed by atoms with Gasteiger partial charge in [0, 0.05) is 42.2 Å². The first kappa shape index (κ1) is 21.5. The van der Waals surface area contributed by atoms with Crippen molar-refractivity contribution in [1.82, 2.24) is 19.7 Å². The summed E-state index contributed by atoms with van der Waals surface area (Å²) in [6.45, 7) is 2.10. The van der Waals surface area contributed by atoms with Gasteiger partial charge in [-0.15, -0.1) is 0 Å². The third-order valence-corrected chi connectivity index (χ3v) is 5.28. The molecule has 0 fully saturated rings. The lowest BCUT2D eigenvalue weighted by molar-refractivity contribution is -0.128. The predicted molar refractivity (Wildman–Crippen MR) is 120 cm³/mol. The average Bonchev–Trinajstić information content (AvgIpc) is 3.26. The Kier molecular flexibility index (Phi) is 6.18. The van der Waals surface area contributed by atoms with Crippen LogP contribution in [0.1, 0.15) is 5.56 Å². The number of rotatable bonds is 8. The number of aryl methyl sites for hydroxylation is 1. The molecule has 0 radical (unpaired) electrons. The van der Waals surface area contributed by atoms with E-state index in [9.17, 15) is 4.53 Å². The van der Waals surface area contributed by atoms with Crippen LogP contribution in [0.3, 0.4) is 0 Å². The number of nitrogens with zero attached hydrogens (tertiary/aromatic N) is 5. The summed E-state index contributed by atoms with van der Waals surface area (Å²) in [7, 11) is 5.05. The summed E-state index contributed by atoms with van der Waals surface area (Å²) >= 11 is 0. The molecule has 9 heteroatoms. The standard InChI is InChI=1S/C23H24FN5O3/c1-15-22(10-18(30-3)11-23(15)31-4)29(7-8-32-24)17-5-6-19-20(9-17)27-21(13-25-19)16-12-26-28(2)14-16/h5-6,9-14H,7-8H2,1-4H3. The van der Waals surface area contributed by atoms with E-state index in [-0.39, 0.29) is 13.2 Å². The molecular formula is C23H24FN5O3. The fourth-order valence-electron chi connectivity index (χ4n) is 3.63. The van der Waals surface area contributed by atoms with Crippen molar-refractivity contribution in [1.29, 1.82) is 0 Å². The van der Waals surface area contributed by atoms with E-state index in [0.717, 1.165) is 33.7 Å². The quantitative estimate of drug-likeness (QED) is 0.405. The maximum atomic E-state index is 12.7. The Morgan fingerprint density at radius 3 is 2.59 bits per heavy atom. The molecule has 4 aromatic rings. The van der Waals surface area contributed by atoms with Crippen LogP contribution in [0.4, 0.5) is 15.9 Å². The van der Waals surface area contributed by atoms with Crippen molar-refractivity contribution in [2.24, 2.45) is 7.05 Å². The first-order valence-electron chi connectivity index (χ1n) is 10.0. The molecular weight excluding hydrogens is 413 g/mol. The Labute approximate surface area is 185 Å². The third kappa shape index (κ3) is 4.19. The SMILES string of the molecule is COc1cc(OC)c(C)c(N(CCOF)c2ccc3ncc(-c4cnn(C)c4)nc3c2)c1.